The first-order valence-electron chi connectivity index (χ1n) is 5.93. The summed E-state index contributed by atoms with van der Waals surface area (Å²) in [7, 11) is 1.58. The number of benzene rings is 1. The zero-order valence-corrected chi connectivity index (χ0v) is 12.4. The standard InChI is InChI=1S/C12H10BrN5O3/c1-21-10-3-2-6(4-7(10)13)9-5-8(11(19)20)14-12-15-16-17-18(9)12/h2-5,9H,1H3,(H,19,20)(H,14,15,17). The summed E-state index contributed by atoms with van der Waals surface area (Å²) in [6.45, 7) is 0. The van der Waals surface area contributed by atoms with Gasteiger partial charge in [-0.05, 0) is 50.1 Å². The Bertz CT molecular complexity index is 742. The maximum Gasteiger partial charge on any atom is 0.352 e. The summed E-state index contributed by atoms with van der Waals surface area (Å²) in [6, 6.07) is 5.06. The number of carboxylic acid groups (broad SMARTS) is 1. The minimum Gasteiger partial charge on any atom is -0.496 e. The highest BCUT2D eigenvalue weighted by molar-refractivity contribution is 9.10. The van der Waals surface area contributed by atoms with Crippen LogP contribution in [-0.4, -0.2) is 38.4 Å². The number of fused-ring (bicyclic) bond motifs is 1. The first kappa shape index (κ1) is 13.6. The molecule has 108 valence electrons. The van der Waals surface area contributed by atoms with Crippen LogP contribution in [0.1, 0.15) is 11.6 Å². The lowest BCUT2D eigenvalue weighted by atomic mass is 10.0. The highest BCUT2D eigenvalue weighted by Crippen LogP contribution is 2.32. The van der Waals surface area contributed by atoms with E-state index >= 15 is 0 Å². The molecule has 2 heterocycles. The van der Waals surface area contributed by atoms with Gasteiger partial charge in [-0.15, -0.1) is 0 Å². The average Bonchev–Trinajstić information content (AvgIpc) is 2.94. The second kappa shape index (κ2) is 5.17. The smallest absolute Gasteiger partial charge is 0.352 e. The number of ether oxygens (including phenoxy) is 1. The van der Waals surface area contributed by atoms with Gasteiger partial charge in [0, 0.05) is 0 Å². The number of rotatable bonds is 3. The van der Waals surface area contributed by atoms with Crippen molar-refractivity contribution < 1.29 is 14.6 Å². The van der Waals surface area contributed by atoms with E-state index < -0.39 is 12.0 Å². The second-order valence-corrected chi connectivity index (χ2v) is 5.15. The normalized spacial score (nSPS) is 16.7. The fourth-order valence-corrected chi connectivity index (χ4v) is 2.64. The molecule has 0 spiro atoms. The molecule has 1 unspecified atom stereocenters. The fourth-order valence-electron chi connectivity index (χ4n) is 2.08. The number of hydrogen-bond acceptors (Lipinski definition) is 6. The number of carbonyl (C=O) groups is 1. The van der Waals surface area contributed by atoms with Crippen LogP contribution in [-0.2, 0) is 4.79 Å². The van der Waals surface area contributed by atoms with Crippen molar-refractivity contribution >= 4 is 27.8 Å². The molecule has 0 aliphatic carbocycles. The zero-order valence-electron chi connectivity index (χ0n) is 10.8. The lowest BCUT2D eigenvalue weighted by Crippen LogP contribution is -2.24. The van der Waals surface area contributed by atoms with Gasteiger partial charge in [-0.1, -0.05) is 11.2 Å². The molecule has 0 fully saturated rings. The minimum atomic E-state index is -1.07. The first-order valence-corrected chi connectivity index (χ1v) is 6.73. The van der Waals surface area contributed by atoms with Gasteiger partial charge in [0.1, 0.15) is 17.5 Å². The minimum absolute atomic E-state index is 0.0363. The number of anilines is 1. The number of hydrogen-bond donors (Lipinski definition) is 2. The van der Waals surface area contributed by atoms with Gasteiger partial charge < -0.3 is 15.2 Å². The SMILES string of the molecule is COc1ccc(C2C=C(C(=O)O)Nc3nnnn32)cc1Br. The molecule has 3 rings (SSSR count). The van der Waals surface area contributed by atoms with Crippen LogP contribution < -0.4 is 10.1 Å². The maximum atomic E-state index is 11.2. The lowest BCUT2D eigenvalue weighted by Gasteiger charge is -2.21. The number of halogens is 1. The summed E-state index contributed by atoms with van der Waals surface area (Å²) in [4.78, 5) is 11.2. The van der Waals surface area contributed by atoms with Crippen LogP contribution in [0.5, 0.6) is 5.75 Å². The molecule has 0 radical (unpaired) electrons. The summed E-state index contributed by atoms with van der Waals surface area (Å²) in [5.41, 5.74) is 0.866. The van der Waals surface area contributed by atoms with Crippen molar-refractivity contribution in [3.8, 4) is 5.75 Å². The van der Waals surface area contributed by atoms with E-state index in [4.69, 9.17) is 9.84 Å². The Balaban J connectivity index is 2.08. The van der Waals surface area contributed by atoms with Gasteiger partial charge >= 0.3 is 5.97 Å². The van der Waals surface area contributed by atoms with Gasteiger partial charge in [0.05, 0.1) is 11.6 Å². The molecule has 1 aliphatic heterocycles. The number of nitrogens with one attached hydrogen (secondary N) is 1. The van der Waals surface area contributed by atoms with E-state index in [9.17, 15) is 4.79 Å². The van der Waals surface area contributed by atoms with E-state index in [2.05, 4.69) is 36.8 Å². The molecular weight excluding hydrogens is 342 g/mol. The van der Waals surface area contributed by atoms with E-state index in [-0.39, 0.29) is 11.6 Å². The van der Waals surface area contributed by atoms with E-state index in [1.807, 2.05) is 12.1 Å². The molecule has 0 bridgehead atoms. The molecule has 8 nitrogen and oxygen atoms in total. The van der Waals surface area contributed by atoms with Gasteiger partial charge in [0.15, 0.2) is 0 Å². The number of tetrazole rings is 1. The quantitative estimate of drug-likeness (QED) is 0.861. The van der Waals surface area contributed by atoms with Gasteiger partial charge in [-0.25, -0.2) is 4.79 Å². The fraction of sp³-hybridized carbons (Fsp3) is 0.167. The molecule has 0 saturated carbocycles. The summed E-state index contributed by atoms with van der Waals surface area (Å²) in [6.07, 6.45) is 1.56. The Kier molecular flexibility index (Phi) is 3.34. The Hall–Kier alpha value is -2.42. The molecular formula is C12H10BrN5O3. The number of allylic oxidation sites excluding steroid dienone is 1. The van der Waals surface area contributed by atoms with Crippen LogP contribution in [0.25, 0.3) is 0 Å². The molecule has 1 atom stereocenters. The van der Waals surface area contributed by atoms with Crippen molar-refractivity contribution in [2.75, 3.05) is 12.4 Å². The van der Waals surface area contributed by atoms with E-state index in [1.54, 1.807) is 19.3 Å². The highest BCUT2D eigenvalue weighted by Gasteiger charge is 2.26. The number of methoxy groups -OCH3 is 1. The molecule has 1 aromatic carbocycles. The third kappa shape index (κ3) is 2.35. The molecule has 21 heavy (non-hydrogen) atoms. The molecule has 1 aliphatic rings. The molecule has 2 N–H and O–H groups in total. The Morgan fingerprint density at radius 2 is 2.33 bits per heavy atom. The Morgan fingerprint density at radius 3 is 3.00 bits per heavy atom. The topological polar surface area (TPSA) is 102 Å². The largest absolute Gasteiger partial charge is 0.496 e. The van der Waals surface area contributed by atoms with Crippen LogP contribution in [0.4, 0.5) is 5.95 Å². The Morgan fingerprint density at radius 1 is 1.52 bits per heavy atom. The third-order valence-corrected chi connectivity index (χ3v) is 3.69. The number of carboxylic acids is 1. The van der Waals surface area contributed by atoms with Crippen molar-refractivity contribution in [1.82, 2.24) is 20.2 Å². The summed E-state index contributed by atoms with van der Waals surface area (Å²) in [5, 5.41) is 23.1. The van der Waals surface area contributed by atoms with Crippen molar-refractivity contribution in [3.05, 3.63) is 40.0 Å². The van der Waals surface area contributed by atoms with Crippen molar-refractivity contribution in [3.63, 3.8) is 0 Å². The third-order valence-electron chi connectivity index (χ3n) is 3.08. The van der Waals surface area contributed by atoms with Gasteiger partial charge in [-0.3, -0.25) is 0 Å². The number of aliphatic carboxylic acids is 1. The van der Waals surface area contributed by atoms with Crippen LogP contribution in [0.2, 0.25) is 0 Å². The zero-order chi connectivity index (χ0) is 15.0. The predicted octanol–water partition coefficient (Wildman–Crippen LogP) is 1.43. The van der Waals surface area contributed by atoms with E-state index in [0.29, 0.717) is 5.75 Å². The molecule has 2 aromatic rings. The maximum absolute atomic E-state index is 11.2. The lowest BCUT2D eigenvalue weighted by molar-refractivity contribution is -0.132. The predicted molar refractivity (Wildman–Crippen MR) is 76.0 cm³/mol. The van der Waals surface area contributed by atoms with Crippen molar-refractivity contribution in [2.45, 2.75) is 6.04 Å². The van der Waals surface area contributed by atoms with E-state index in [0.717, 1.165) is 10.0 Å². The van der Waals surface area contributed by atoms with Crippen LogP contribution in [0.3, 0.4) is 0 Å². The van der Waals surface area contributed by atoms with Crippen molar-refractivity contribution in [1.29, 1.82) is 0 Å². The van der Waals surface area contributed by atoms with Gasteiger partial charge in [-0.2, -0.15) is 4.68 Å². The van der Waals surface area contributed by atoms with Crippen molar-refractivity contribution in [2.24, 2.45) is 0 Å². The first-order chi connectivity index (χ1) is 10.1. The number of aromatic nitrogens is 4. The monoisotopic (exact) mass is 351 g/mol. The Labute approximate surface area is 127 Å². The van der Waals surface area contributed by atoms with Gasteiger partial charge in [0.2, 0.25) is 5.95 Å². The van der Waals surface area contributed by atoms with Gasteiger partial charge in [0.25, 0.3) is 0 Å². The van der Waals surface area contributed by atoms with Crippen LogP contribution >= 0.6 is 15.9 Å². The molecule has 1 aromatic heterocycles. The average molecular weight is 352 g/mol. The van der Waals surface area contributed by atoms with Crippen LogP contribution in [0, 0.1) is 0 Å². The molecule has 9 heteroatoms. The summed E-state index contributed by atoms with van der Waals surface area (Å²) in [5.74, 6) is -0.0965. The molecule has 0 saturated heterocycles. The number of nitrogens with zero attached hydrogens (tertiary/aromatic N) is 4. The highest BCUT2D eigenvalue weighted by atomic mass is 79.9. The molecule has 0 amide bonds. The van der Waals surface area contributed by atoms with Crippen LogP contribution in [0.15, 0.2) is 34.4 Å². The second-order valence-electron chi connectivity index (χ2n) is 4.30. The summed E-state index contributed by atoms with van der Waals surface area (Å²) < 4.78 is 7.46. The summed E-state index contributed by atoms with van der Waals surface area (Å²) >= 11 is 3.41. The van der Waals surface area contributed by atoms with E-state index in [1.165, 1.54) is 4.68 Å².